The van der Waals surface area contributed by atoms with Crippen LogP contribution < -0.4 is 0 Å². The van der Waals surface area contributed by atoms with E-state index in [4.69, 9.17) is 4.74 Å². The fourth-order valence-corrected chi connectivity index (χ4v) is 3.45. The molecular weight excluding hydrogens is 352 g/mol. The number of benzene rings is 2. The zero-order chi connectivity index (χ0) is 19.8. The van der Waals surface area contributed by atoms with Crippen molar-refractivity contribution in [2.45, 2.75) is 20.8 Å². The van der Waals surface area contributed by atoms with Crippen LogP contribution in [0.3, 0.4) is 0 Å². The second-order valence-corrected chi connectivity index (χ2v) is 6.79. The summed E-state index contributed by atoms with van der Waals surface area (Å²) in [5.74, 6) is -0.615. The Morgan fingerprint density at radius 2 is 1.82 bits per heavy atom. The van der Waals surface area contributed by atoms with Crippen LogP contribution in [0, 0.1) is 13.8 Å². The van der Waals surface area contributed by atoms with E-state index in [1.807, 2.05) is 44.2 Å². The Balaban J connectivity index is 2.03. The predicted molar refractivity (Wildman–Crippen MR) is 108 cm³/mol. The van der Waals surface area contributed by atoms with Crippen molar-refractivity contribution in [3.8, 4) is 0 Å². The van der Waals surface area contributed by atoms with Crippen molar-refractivity contribution in [1.29, 1.82) is 0 Å². The Kier molecular flexibility index (Phi) is 4.43. The summed E-state index contributed by atoms with van der Waals surface area (Å²) in [6.45, 7) is 5.96. The maximum absolute atomic E-state index is 13.3. The van der Waals surface area contributed by atoms with Gasteiger partial charge in [-0.05, 0) is 32.4 Å². The number of carbonyl (C=O) groups is 2. The molecule has 0 aliphatic rings. The van der Waals surface area contributed by atoms with Gasteiger partial charge in [-0.1, -0.05) is 48.0 Å². The number of carbonyl (C=O) groups excluding carboxylic acids is 2. The van der Waals surface area contributed by atoms with E-state index >= 15 is 0 Å². The molecule has 0 saturated heterocycles. The highest BCUT2D eigenvalue weighted by molar-refractivity contribution is 6.18. The molecule has 2 aromatic carbocycles. The fraction of sp³-hybridized carbons (Fsp3) is 0.174. The Labute approximate surface area is 162 Å². The van der Waals surface area contributed by atoms with E-state index in [0.717, 1.165) is 22.0 Å². The average Bonchev–Trinajstić information content (AvgIpc) is 3.09. The third-order valence-corrected chi connectivity index (χ3v) is 4.87. The standard InChI is InChI=1S/C23H20N2O3/c1-4-28-23(27)19-12-18(22(26)16-10-8-14(2)9-11-16)21-17-7-5-6-15(3)20(17)24-13-25(19)21/h5-13H,4H2,1-3H3. The largest absolute Gasteiger partial charge is 0.461 e. The molecule has 0 fully saturated rings. The van der Waals surface area contributed by atoms with E-state index in [2.05, 4.69) is 4.98 Å². The number of rotatable bonds is 4. The topological polar surface area (TPSA) is 60.7 Å². The molecule has 0 saturated carbocycles. The lowest BCUT2D eigenvalue weighted by Crippen LogP contribution is -2.08. The first kappa shape index (κ1) is 17.9. The van der Waals surface area contributed by atoms with Gasteiger partial charge in [-0.25, -0.2) is 9.78 Å². The van der Waals surface area contributed by atoms with Crippen LogP contribution in [-0.2, 0) is 4.74 Å². The third kappa shape index (κ3) is 2.85. The van der Waals surface area contributed by atoms with Gasteiger partial charge in [-0.15, -0.1) is 0 Å². The quantitative estimate of drug-likeness (QED) is 0.391. The molecule has 0 spiro atoms. The van der Waals surface area contributed by atoms with Crippen LogP contribution in [-0.4, -0.2) is 27.7 Å². The number of esters is 1. The van der Waals surface area contributed by atoms with E-state index in [0.29, 0.717) is 22.3 Å². The lowest BCUT2D eigenvalue weighted by Gasteiger charge is -2.07. The van der Waals surface area contributed by atoms with Gasteiger partial charge in [-0.3, -0.25) is 9.20 Å². The number of aryl methyl sites for hydroxylation is 2. The van der Waals surface area contributed by atoms with Crippen molar-refractivity contribution >= 4 is 28.2 Å². The van der Waals surface area contributed by atoms with Crippen LogP contribution in [0.1, 0.15) is 44.5 Å². The number of para-hydroxylation sites is 1. The van der Waals surface area contributed by atoms with Crippen LogP contribution in [0.4, 0.5) is 0 Å². The maximum atomic E-state index is 13.3. The molecule has 0 amide bonds. The van der Waals surface area contributed by atoms with Crippen molar-refractivity contribution in [2.75, 3.05) is 6.61 Å². The zero-order valence-corrected chi connectivity index (χ0v) is 16.0. The molecule has 0 radical (unpaired) electrons. The lowest BCUT2D eigenvalue weighted by atomic mass is 10.0. The Morgan fingerprint density at radius 3 is 2.54 bits per heavy atom. The SMILES string of the molecule is CCOC(=O)c1cc(C(=O)c2ccc(C)cc2)c2c3cccc(C)c3ncn12. The maximum Gasteiger partial charge on any atom is 0.355 e. The molecule has 140 valence electrons. The first-order valence-electron chi connectivity index (χ1n) is 9.19. The third-order valence-electron chi connectivity index (χ3n) is 4.87. The summed E-state index contributed by atoms with van der Waals surface area (Å²) in [7, 11) is 0. The van der Waals surface area contributed by atoms with Gasteiger partial charge in [0.1, 0.15) is 12.0 Å². The monoisotopic (exact) mass is 372 g/mol. The molecule has 0 aliphatic heterocycles. The molecule has 0 N–H and O–H groups in total. The predicted octanol–water partition coefficient (Wildman–Crippen LogP) is 4.51. The second-order valence-electron chi connectivity index (χ2n) is 6.79. The number of aromatic nitrogens is 2. The van der Waals surface area contributed by atoms with E-state index in [9.17, 15) is 9.59 Å². The normalized spacial score (nSPS) is 11.1. The molecule has 0 aliphatic carbocycles. The van der Waals surface area contributed by atoms with Crippen molar-refractivity contribution in [1.82, 2.24) is 9.38 Å². The summed E-state index contributed by atoms with van der Waals surface area (Å²) < 4.78 is 6.84. The van der Waals surface area contributed by atoms with Gasteiger partial charge in [0.05, 0.1) is 17.6 Å². The summed E-state index contributed by atoms with van der Waals surface area (Å²) in [6.07, 6.45) is 1.59. The van der Waals surface area contributed by atoms with E-state index in [-0.39, 0.29) is 12.4 Å². The van der Waals surface area contributed by atoms with Crippen LogP contribution >= 0.6 is 0 Å². The number of fused-ring (bicyclic) bond motifs is 3. The number of hydrogen-bond donors (Lipinski definition) is 0. The molecule has 28 heavy (non-hydrogen) atoms. The van der Waals surface area contributed by atoms with E-state index in [1.54, 1.807) is 35.9 Å². The van der Waals surface area contributed by atoms with Crippen LogP contribution in [0.25, 0.3) is 16.4 Å². The smallest absolute Gasteiger partial charge is 0.355 e. The molecule has 0 unspecified atom stereocenters. The van der Waals surface area contributed by atoms with Crippen LogP contribution in [0.15, 0.2) is 54.9 Å². The first-order valence-corrected chi connectivity index (χ1v) is 9.19. The van der Waals surface area contributed by atoms with Crippen LogP contribution in [0.2, 0.25) is 0 Å². The fourth-order valence-electron chi connectivity index (χ4n) is 3.45. The van der Waals surface area contributed by atoms with E-state index in [1.165, 1.54) is 0 Å². The Morgan fingerprint density at radius 1 is 1.07 bits per heavy atom. The number of nitrogens with zero attached hydrogens (tertiary/aromatic N) is 2. The molecule has 4 rings (SSSR count). The summed E-state index contributed by atoms with van der Waals surface area (Å²) >= 11 is 0. The van der Waals surface area contributed by atoms with Crippen molar-refractivity contribution in [2.24, 2.45) is 0 Å². The number of hydrogen-bond acceptors (Lipinski definition) is 4. The summed E-state index contributed by atoms with van der Waals surface area (Å²) in [5, 5.41) is 0.827. The van der Waals surface area contributed by atoms with Crippen molar-refractivity contribution < 1.29 is 14.3 Å². The minimum Gasteiger partial charge on any atom is -0.461 e. The van der Waals surface area contributed by atoms with Gasteiger partial charge in [0.25, 0.3) is 0 Å². The number of ether oxygens (including phenoxy) is 1. The second kappa shape index (κ2) is 6.93. The number of ketones is 1. The lowest BCUT2D eigenvalue weighted by molar-refractivity contribution is 0.0518. The summed E-state index contributed by atoms with van der Waals surface area (Å²) in [5.41, 5.74) is 4.89. The van der Waals surface area contributed by atoms with Crippen molar-refractivity contribution in [3.05, 3.63) is 82.8 Å². The first-order chi connectivity index (χ1) is 13.5. The molecule has 0 atom stereocenters. The molecule has 5 heteroatoms. The average molecular weight is 372 g/mol. The zero-order valence-electron chi connectivity index (χ0n) is 16.0. The van der Waals surface area contributed by atoms with Gasteiger partial charge in [-0.2, -0.15) is 0 Å². The van der Waals surface area contributed by atoms with Gasteiger partial charge < -0.3 is 4.74 Å². The van der Waals surface area contributed by atoms with Crippen molar-refractivity contribution in [3.63, 3.8) is 0 Å². The molecular formula is C23H20N2O3. The van der Waals surface area contributed by atoms with Gasteiger partial charge >= 0.3 is 5.97 Å². The Bertz CT molecular complexity index is 1220. The van der Waals surface area contributed by atoms with Gasteiger partial charge in [0.2, 0.25) is 0 Å². The highest BCUT2D eigenvalue weighted by atomic mass is 16.5. The molecule has 4 aromatic rings. The summed E-state index contributed by atoms with van der Waals surface area (Å²) in [6, 6.07) is 14.9. The minimum atomic E-state index is -0.478. The molecule has 2 heterocycles. The Hall–Kier alpha value is -3.47. The summed E-state index contributed by atoms with van der Waals surface area (Å²) in [4.78, 5) is 30.3. The van der Waals surface area contributed by atoms with E-state index < -0.39 is 5.97 Å². The molecule has 5 nitrogen and oxygen atoms in total. The minimum absolute atomic E-state index is 0.137. The van der Waals surface area contributed by atoms with Gasteiger partial charge in [0.15, 0.2) is 5.78 Å². The highest BCUT2D eigenvalue weighted by Crippen LogP contribution is 2.28. The molecule has 0 bridgehead atoms. The highest BCUT2D eigenvalue weighted by Gasteiger charge is 2.23. The van der Waals surface area contributed by atoms with Crippen LogP contribution in [0.5, 0.6) is 0 Å². The molecule has 2 aromatic heterocycles. The van der Waals surface area contributed by atoms with Gasteiger partial charge in [0, 0.05) is 16.5 Å².